The number of unbranched alkanes of at least 4 members (excludes halogenated alkanes) is 4. The number of ether oxygens (including phenoxy) is 1. The summed E-state index contributed by atoms with van der Waals surface area (Å²) < 4.78 is 11.3. The van der Waals surface area contributed by atoms with Crippen molar-refractivity contribution in [1.29, 1.82) is 0 Å². The number of aromatic nitrogens is 2. The quantitative estimate of drug-likeness (QED) is 0.349. The van der Waals surface area contributed by atoms with Gasteiger partial charge in [0.05, 0.1) is 12.2 Å². The summed E-state index contributed by atoms with van der Waals surface area (Å²) in [6.07, 6.45) is 6.02. The van der Waals surface area contributed by atoms with Crippen LogP contribution < -0.4 is 4.74 Å². The molecule has 3 aromatic rings. The van der Waals surface area contributed by atoms with Gasteiger partial charge in [-0.05, 0) is 23.3 Å². The molecule has 4 nitrogen and oxygen atoms in total. The van der Waals surface area contributed by atoms with Crippen molar-refractivity contribution in [3.05, 3.63) is 42.3 Å². The molecule has 0 spiro atoms. The van der Waals surface area contributed by atoms with E-state index in [0.717, 1.165) is 28.5 Å². The van der Waals surface area contributed by atoms with Crippen molar-refractivity contribution in [3.63, 3.8) is 0 Å². The monoisotopic (exact) mass is 358 g/mol. The SMILES string of the molecule is CCCCCCCOc1ccc2ccccc2c1-c1noc(CCl)n1. The largest absolute Gasteiger partial charge is 0.493 e. The molecule has 0 saturated carbocycles. The van der Waals surface area contributed by atoms with Crippen LogP contribution in [0, 0.1) is 0 Å². The molecule has 0 saturated heterocycles. The third-order valence-corrected chi connectivity index (χ3v) is 4.43. The molecule has 1 heterocycles. The normalized spacial score (nSPS) is 11.1. The maximum Gasteiger partial charge on any atom is 0.241 e. The number of fused-ring (bicyclic) bond motifs is 1. The molecule has 3 rings (SSSR count). The van der Waals surface area contributed by atoms with Gasteiger partial charge in [0.1, 0.15) is 11.6 Å². The summed E-state index contributed by atoms with van der Waals surface area (Å²) in [5, 5.41) is 6.25. The smallest absolute Gasteiger partial charge is 0.241 e. The fraction of sp³-hybridized carbons (Fsp3) is 0.400. The van der Waals surface area contributed by atoms with E-state index in [1.54, 1.807) is 0 Å². The average molecular weight is 359 g/mol. The number of nitrogens with zero attached hydrogens (tertiary/aromatic N) is 2. The van der Waals surface area contributed by atoms with Gasteiger partial charge in [0.2, 0.25) is 11.7 Å². The standard InChI is InChI=1S/C20H23ClN2O2/c1-2-3-4-5-8-13-24-17-12-11-15-9-6-7-10-16(15)19(17)20-22-18(14-21)25-23-20/h6-7,9-12H,2-5,8,13-14H2,1H3. The molecule has 0 atom stereocenters. The Balaban J connectivity index is 1.85. The summed E-state index contributed by atoms with van der Waals surface area (Å²) in [5.41, 5.74) is 0.867. The minimum atomic E-state index is 0.200. The molecule has 0 amide bonds. The molecule has 25 heavy (non-hydrogen) atoms. The van der Waals surface area contributed by atoms with Crippen LogP contribution in [0.1, 0.15) is 44.9 Å². The maximum atomic E-state index is 6.07. The number of hydrogen-bond donors (Lipinski definition) is 0. The summed E-state index contributed by atoms with van der Waals surface area (Å²) in [6.45, 7) is 2.91. The van der Waals surface area contributed by atoms with E-state index in [4.69, 9.17) is 20.9 Å². The number of hydrogen-bond acceptors (Lipinski definition) is 4. The van der Waals surface area contributed by atoms with Crippen LogP contribution in [0.4, 0.5) is 0 Å². The highest BCUT2D eigenvalue weighted by atomic mass is 35.5. The average Bonchev–Trinajstić information content (AvgIpc) is 3.13. The molecule has 0 N–H and O–H groups in total. The molecule has 0 fully saturated rings. The second-order valence-corrected chi connectivity index (χ2v) is 6.34. The zero-order valence-electron chi connectivity index (χ0n) is 14.5. The Kier molecular flexibility index (Phi) is 6.29. The molecular formula is C20H23ClN2O2. The highest BCUT2D eigenvalue weighted by Crippen LogP contribution is 2.35. The summed E-state index contributed by atoms with van der Waals surface area (Å²) in [7, 11) is 0. The van der Waals surface area contributed by atoms with E-state index in [2.05, 4.69) is 35.3 Å². The van der Waals surface area contributed by atoms with Crippen LogP contribution in [-0.2, 0) is 5.88 Å². The van der Waals surface area contributed by atoms with Gasteiger partial charge in [-0.25, -0.2) is 0 Å². The van der Waals surface area contributed by atoms with Crippen molar-refractivity contribution in [1.82, 2.24) is 10.1 Å². The van der Waals surface area contributed by atoms with Crippen molar-refractivity contribution in [2.75, 3.05) is 6.61 Å². The number of benzene rings is 2. The maximum absolute atomic E-state index is 6.07. The second-order valence-electron chi connectivity index (χ2n) is 6.07. The Morgan fingerprint density at radius 2 is 1.88 bits per heavy atom. The van der Waals surface area contributed by atoms with E-state index in [1.807, 2.05) is 18.2 Å². The molecule has 0 aliphatic rings. The van der Waals surface area contributed by atoms with E-state index in [-0.39, 0.29) is 5.88 Å². The molecule has 1 aromatic heterocycles. The van der Waals surface area contributed by atoms with E-state index < -0.39 is 0 Å². The van der Waals surface area contributed by atoms with Gasteiger partial charge >= 0.3 is 0 Å². The van der Waals surface area contributed by atoms with E-state index >= 15 is 0 Å². The lowest BCUT2D eigenvalue weighted by Crippen LogP contribution is -2.00. The van der Waals surface area contributed by atoms with Crippen molar-refractivity contribution >= 4 is 22.4 Å². The zero-order valence-corrected chi connectivity index (χ0v) is 15.3. The zero-order chi connectivity index (χ0) is 17.5. The van der Waals surface area contributed by atoms with Crippen molar-refractivity contribution in [3.8, 4) is 17.1 Å². The Hall–Kier alpha value is -2.07. The lowest BCUT2D eigenvalue weighted by Gasteiger charge is -2.12. The van der Waals surface area contributed by atoms with Gasteiger partial charge in [0.25, 0.3) is 0 Å². The fourth-order valence-corrected chi connectivity index (χ4v) is 3.01. The fourth-order valence-electron chi connectivity index (χ4n) is 2.90. The molecule has 0 aliphatic carbocycles. The Labute approximate surface area is 153 Å². The van der Waals surface area contributed by atoms with Crippen LogP contribution in [-0.4, -0.2) is 16.7 Å². The molecule has 2 aromatic carbocycles. The highest BCUT2D eigenvalue weighted by Gasteiger charge is 2.17. The summed E-state index contributed by atoms with van der Waals surface area (Å²) in [6, 6.07) is 12.2. The van der Waals surface area contributed by atoms with Gasteiger partial charge in [-0.2, -0.15) is 4.98 Å². The Morgan fingerprint density at radius 1 is 1.04 bits per heavy atom. The molecule has 0 bridgehead atoms. The van der Waals surface area contributed by atoms with Gasteiger partial charge in [-0.3, -0.25) is 0 Å². The number of halogens is 1. The number of alkyl halides is 1. The van der Waals surface area contributed by atoms with Crippen molar-refractivity contribution < 1.29 is 9.26 Å². The highest BCUT2D eigenvalue weighted by molar-refractivity contribution is 6.16. The minimum Gasteiger partial charge on any atom is -0.493 e. The van der Waals surface area contributed by atoms with E-state index in [0.29, 0.717) is 18.3 Å². The number of rotatable bonds is 9. The summed E-state index contributed by atoms with van der Waals surface area (Å²) in [4.78, 5) is 4.39. The van der Waals surface area contributed by atoms with Crippen LogP contribution in [0.15, 0.2) is 40.9 Å². The van der Waals surface area contributed by atoms with Crippen molar-refractivity contribution in [2.24, 2.45) is 0 Å². The lowest BCUT2D eigenvalue weighted by molar-refractivity contribution is 0.305. The molecule has 5 heteroatoms. The van der Waals surface area contributed by atoms with Gasteiger partial charge in [-0.1, -0.05) is 68.1 Å². The molecule has 0 unspecified atom stereocenters. The van der Waals surface area contributed by atoms with Crippen LogP contribution in [0.2, 0.25) is 0 Å². The van der Waals surface area contributed by atoms with Crippen LogP contribution in [0.3, 0.4) is 0 Å². The first-order valence-electron chi connectivity index (χ1n) is 8.87. The Morgan fingerprint density at radius 3 is 2.68 bits per heavy atom. The lowest BCUT2D eigenvalue weighted by atomic mass is 10.0. The van der Waals surface area contributed by atoms with Gasteiger partial charge in [0, 0.05) is 0 Å². The van der Waals surface area contributed by atoms with Crippen molar-refractivity contribution in [2.45, 2.75) is 44.9 Å². The van der Waals surface area contributed by atoms with Gasteiger partial charge in [-0.15, -0.1) is 11.6 Å². The predicted molar refractivity (Wildman–Crippen MR) is 101 cm³/mol. The Bertz CT molecular complexity index is 816. The third-order valence-electron chi connectivity index (χ3n) is 4.20. The second kappa shape index (κ2) is 8.86. The van der Waals surface area contributed by atoms with Crippen LogP contribution >= 0.6 is 11.6 Å². The van der Waals surface area contributed by atoms with Gasteiger partial charge in [0.15, 0.2) is 0 Å². The first kappa shape index (κ1) is 17.7. The molecular weight excluding hydrogens is 336 g/mol. The van der Waals surface area contributed by atoms with Crippen LogP contribution in [0.5, 0.6) is 5.75 Å². The first-order chi connectivity index (χ1) is 12.3. The molecule has 0 aliphatic heterocycles. The van der Waals surface area contributed by atoms with E-state index in [1.165, 1.54) is 25.7 Å². The molecule has 0 radical (unpaired) electrons. The first-order valence-corrected chi connectivity index (χ1v) is 9.40. The molecule has 132 valence electrons. The summed E-state index contributed by atoms with van der Waals surface area (Å²) >= 11 is 5.80. The predicted octanol–water partition coefficient (Wildman–Crippen LogP) is 5.98. The van der Waals surface area contributed by atoms with Crippen LogP contribution in [0.25, 0.3) is 22.2 Å². The van der Waals surface area contributed by atoms with E-state index in [9.17, 15) is 0 Å². The topological polar surface area (TPSA) is 48.2 Å². The third kappa shape index (κ3) is 4.31. The summed E-state index contributed by atoms with van der Waals surface area (Å²) in [5.74, 6) is 1.92. The van der Waals surface area contributed by atoms with Gasteiger partial charge < -0.3 is 9.26 Å². The minimum absolute atomic E-state index is 0.200.